The van der Waals surface area contributed by atoms with Crippen LogP contribution in [-0.4, -0.2) is 34.0 Å². The zero-order valence-corrected chi connectivity index (χ0v) is 12.7. The SMILES string of the molecule is CCC(C)C(=O)OCCC1(O)CC2CCCC(O)(C2)C1. The van der Waals surface area contributed by atoms with Gasteiger partial charge in [0.2, 0.25) is 0 Å². The number of fused-ring (bicyclic) bond motifs is 2. The van der Waals surface area contributed by atoms with Crippen LogP contribution in [0.15, 0.2) is 0 Å². The second kappa shape index (κ2) is 6.02. The number of carbonyl (C=O) groups is 1. The molecule has 0 heterocycles. The standard InChI is InChI=1S/C16H28O4/c1-3-12(2)14(17)20-8-7-16(19)10-13-5-4-6-15(18,9-13)11-16/h12-13,18-19H,3-11H2,1-2H3. The van der Waals surface area contributed by atoms with Gasteiger partial charge in [-0.05, 0) is 31.6 Å². The minimum atomic E-state index is -0.867. The lowest BCUT2D eigenvalue weighted by molar-refractivity contribution is -0.158. The number of carbonyl (C=O) groups excluding carboxylic acids is 1. The first-order chi connectivity index (χ1) is 9.36. The maximum absolute atomic E-state index is 11.6. The van der Waals surface area contributed by atoms with E-state index in [9.17, 15) is 15.0 Å². The molecule has 0 amide bonds. The zero-order chi connectivity index (χ0) is 14.8. The van der Waals surface area contributed by atoms with Crippen LogP contribution in [0.2, 0.25) is 0 Å². The van der Waals surface area contributed by atoms with Crippen LogP contribution in [0.4, 0.5) is 0 Å². The van der Waals surface area contributed by atoms with Crippen molar-refractivity contribution in [2.45, 2.75) is 76.4 Å². The maximum atomic E-state index is 11.6. The molecule has 0 aliphatic heterocycles. The van der Waals surface area contributed by atoms with Crippen LogP contribution in [0.25, 0.3) is 0 Å². The van der Waals surface area contributed by atoms with Crippen molar-refractivity contribution in [3.8, 4) is 0 Å². The normalized spacial score (nSPS) is 38.3. The highest BCUT2D eigenvalue weighted by Gasteiger charge is 2.48. The molecule has 0 radical (unpaired) electrons. The third-order valence-corrected chi connectivity index (χ3v) is 5.08. The molecule has 4 heteroatoms. The highest BCUT2D eigenvalue weighted by molar-refractivity contribution is 5.71. The maximum Gasteiger partial charge on any atom is 0.308 e. The van der Waals surface area contributed by atoms with Crippen LogP contribution in [0.5, 0.6) is 0 Å². The van der Waals surface area contributed by atoms with Gasteiger partial charge < -0.3 is 14.9 Å². The lowest BCUT2D eigenvalue weighted by atomic mass is 9.63. The van der Waals surface area contributed by atoms with Gasteiger partial charge >= 0.3 is 5.97 Å². The van der Waals surface area contributed by atoms with Gasteiger partial charge in [0.05, 0.1) is 23.7 Å². The van der Waals surface area contributed by atoms with Crippen molar-refractivity contribution < 1.29 is 19.7 Å². The summed E-state index contributed by atoms with van der Waals surface area (Å²) in [5.74, 6) is 0.142. The van der Waals surface area contributed by atoms with E-state index in [-0.39, 0.29) is 18.5 Å². The molecule has 4 nitrogen and oxygen atoms in total. The molecule has 2 rings (SSSR count). The number of rotatable bonds is 5. The fourth-order valence-electron chi connectivity index (χ4n) is 3.86. The Balaban J connectivity index is 1.84. The molecule has 2 saturated carbocycles. The highest BCUT2D eigenvalue weighted by atomic mass is 16.5. The predicted molar refractivity (Wildman–Crippen MR) is 76.1 cm³/mol. The van der Waals surface area contributed by atoms with Gasteiger partial charge in [0.25, 0.3) is 0 Å². The Morgan fingerprint density at radius 1 is 1.40 bits per heavy atom. The molecule has 20 heavy (non-hydrogen) atoms. The lowest BCUT2D eigenvalue weighted by Crippen LogP contribution is -2.51. The summed E-state index contributed by atoms with van der Waals surface area (Å²) in [7, 11) is 0. The monoisotopic (exact) mass is 284 g/mol. The van der Waals surface area contributed by atoms with Crippen LogP contribution in [0.1, 0.15) is 65.2 Å². The fourth-order valence-corrected chi connectivity index (χ4v) is 3.86. The Bertz CT molecular complexity index is 356. The quantitative estimate of drug-likeness (QED) is 0.761. The summed E-state index contributed by atoms with van der Waals surface area (Å²) in [6.07, 6.45) is 6.13. The van der Waals surface area contributed by atoms with E-state index in [0.29, 0.717) is 18.8 Å². The van der Waals surface area contributed by atoms with Gasteiger partial charge in [-0.25, -0.2) is 0 Å². The van der Waals surface area contributed by atoms with Crippen LogP contribution in [0.3, 0.4) is 0 Å². The van der Waals surface area contributed by atoms with E-state index in [4.69, 9.17) is 4.74 Å². The van der Waals surface area contributed by atoms with E-state index in [1.807, 2.05) is 13.8 Å². The highest BCUT2D eigenvalue weighted by Crippen LogP contribution is 2.48. The number of hydrogen-bond acceptors (Lipinski definition) is 4. The van der Waals surface area contributed by atoms with E-state index in [0.717, 1.165) is 38.5 Å². The molecule has 4 atom stereocenters. The summed E-state index contributed by atoms with van der Waals surface area (Å²) in [5, 5.41) is 21.2. The summed E-state index contributed by atoms with van der Waals surface area (Å²) in [6.45, 7) is 4.06. The topological polar surface area (TPSA) is 66.8 Å². The van der Waals surface area contributed by atoms with Gasteiger partial charge in [-0.3, -0.25) is 4.79 Å². The predicted octanol–water partition coefficient (Wildman–Crippen LogP) is 2.41. The number of ether oxygens (including phenoxy) is 1. The Morgan fingerprint density at radius 3 is 2.80 bits per heavy atom. The lowest BCUT2D eigenvalue weighted by Gasteiger charge is -2.49. The van der Waals surface area contributed by atoms with E-state index in [1.54, 1.807) is 0 Å². The number of aliphatic hydroxyl groups is 2. The van der Waals surface area contributed by atoms with E-state index in [2.05, 4.69) is 0 Å². The Hall–Kier alpha value is -0.610. The van der Waals surface area contributed by atoms with Crippen molar-refractivity contribution in [3.05, 3.63) is 0 Å². The first kappa shape index (κ1) is 15.8. The molecule has 0 aromatic rings. The van der Waals surface area contributed by atoms with Gasteiger partial charge in [-0.2, -0.15) is 0 Å². The smallest absolute Gasteiger partial charge is 0.308 e. The first-order valence-electron chi connectivity index (χ1n) is 7.97. The molecule has 0 spiro atoms. The third kappa shape index (κ3) is 3.73. The molecule has 0 aromatic carbocycles. The average Bonchev–Trinajstić information content (AvgIpc) is 2.35. The van der Waals surface area contributed by atoms with E-state index in [1.165, 1.54) is 0 Å². The first-order valence-corrected chi connectivity index (χ1v) is 7.97. The second-order valence-corrected chi connectivity index (χ2v) is 7.02. The van der Waals surface area contributed by atoms with Gasteiger partial charge in [0.1, 0.15) is 0 Å². The van der Waals surface area contributed by atoms with Crippen molar-refractivity contribution in [1.29, 1.82) is 0 Å². The largest absolute Gasteiger partial charge is 0.465 e. The summed E-state index contributed by atoms with van der Waals surface area (Å²) in [6, 6.07) is 0. The Labute approximate surface area is 121 Å². The Kier molecular flexibility index (Phi) is 4.75. The van der Waals surface area contributed by atoms with Gasteiger partial charge in [-0.1, -0.05) is 26.7 Å². The number of hydrogen-bond donors (Lipinski definition) is 2. The van der Waals surface area contributed by atoms with Crippen molar-refractivity contribution in [2.75, 3.05) is 6.61 Å². The minimum absolute atomic E-state index is 0.0837. The average molecular weight is 284 g/mol. The van der Waals surface area contributed by atoms with Gasteiger partial charge in [0.15, 0.2) is 0 Å². The van der Waals surface area contributed by atoms with Crippen molar-refractivity contribution in [2.24, 2.45) is 11.8 Å². The molecular weight excluding hydrogens is 256 g/mol. The molecular formula is C16H28O4. The summed E-state index contributed by atoms with van der Waals surface area (Å²) < 4.78 is 5.24. The molecule has 4 unspecified atom stereocenters. The molecule has 2 N–H and O–H groups in total. The summed E-state index contributed by atoms with van der Waals surface area (Å²) >= 11 is 0. The van der Waals surface area contributed by atoms with Crippen LogP contribution in [-0.2, 0) is 9.53 Å². The van der Waals surface area contributed by atoms with Crippen LogP contribution in [0, 0.1) is 11.8 Å². The molecule has 2 aliphatic rings. The molecule has 2 fully saturated rings. The summed E-state index contributed by atoms with van der Waals surface area (Å²) in [5.41, 5.74) is -1.57. The molecule has 2 aliphatic carbocycles. The molecule has 0 aromatic heterocycles. The number of esters is 1. The molecule has 0 saturated heterocycles. The van der Waals surface area contributed by atoms with E-state index < -0.39 is 11.2 Å². The molecule has 2 bridgehead atoms. The van der Waals surface area contributed by atoms with Crippen LogP contribution < -0.4 is 0 Å². The third-order valence-electron chi connectivity index (χ3n) is 5.08. The molecule has 116 valence electrons. The fraction of sp³-hybridized carbons (Fsp3) is 0.938. The Morgan fingerprint density at radius 2 is 2.15 bits per heavy atom. The van der Waals surface area contributed by atoms with Gasteiger partial charge in [0, 0.05) is 12.8 Å². The summed E-state index contributed by atoms with van der Waals surface area (Å²) in [4.78, 5) is 11.6. The zero-order valence-electron chi connectivity index (χ0n) is 12.7. The van der Waals surface area contributed by atoms with Crippen LogP contribution >= 0.6 is 0 Å². The van der Waals surface area contributed by atoms with Crippen molar-refractivity contribution in [3.63, 3.8) is 0 Å². The van der Waals surface area contributed by atoms with E-state index >= 15 is 0 Å². The van der Waals surface area contributed by atoms with Gasteiger partial charge in [-0.15, -0.1) is 0 Å². The van der Waals surface area contributed by atoms with Crippen molar-refractivity contribution in [1.82, 2.24) is 0 Å². The van der Waals surface area contributed by atoms with Crippen molar-refractivity contribution >= 4 is 5.97 Å². The minimum Gasteiger partial charge on any atom is -0.465 e. The second-order valence-electron chi connectivity index (χ2n) is 7.02.